The highest BCUT2D eigenvalue weighted by Gasteiger charge is 2.16. The third-order valence-electron chi connectivity index (χ3n) is 4.84. The smallest absolute Gasteiger partial charge is 0.275 e. The van der Waals surface area contributed by atoms with Crippen LogP contribution >= 0.6 is 0 Å². The average Bonchev–Trinajstić information content (AvgIpc) is 3.19. The number of nitrogens with zero attached hydrogens (tertiary/aromatic N) is 4. The first-order valence-corrected chi connectivity index (χ1v) is 10.0. The molecule has 0 spiro atoms. The van der Waals surface area contributed by atoms with E-state index in [4.69, 9.17) is 4.74 Å². The number of hydrogen-bond acceptors (Lipinski definition) is 5. The van der Waals surface area contributed by atoms with E-state index in [1.54, 1.807) is 23.6 Å². The van der Waals surface area contributed by atoms with Gasteiger partial charge in [-0.15, -0.1) is 5.10 Å². The number of para-hydroxylation sites is 2. The van der Waals surface area contributed by atoms with E-state index >= 15 is 0 Å². The van der Waals surface area contributed by atoms with Gasteiger partial charge in [0.25, 0.3) is 5.56 Å². The van der Waals surface area contributed by atoms with E-state index in [9.17, 15) is 9.59 Å². The summed E-state index contributed by atoms with van der Waals surface area (Å²) < 4.78 is 8.47. The number of rotatable bonds is 6. The van der Waals surface area contributed by atoms with Crippen LogP contribution in [0.4, 0.5) is 5.69 Å². The number of aryl methyl sites for hydroxylation is 2. The number of amides is 1. The molecule has 2 aromatic carbocycles. The van der Waals surface area contributed by atoms with Crippen molar-refractivity contribution < 1.29 is 9.53 Å². The van der Waals surface area contributed by atoms with Crippen molar-refractivity contribution in [3.63, 3.8) is 0 Å². The minimum absolute atomic E-state index is 0.0258. The Balaban J connectivity index is 1.69. The summed E-state index contributed by atoms with van der Waals surface area (Å²) in [6.45, 7) is 6.10. The van der Waals surface area contributed by atoms with Crippen molar-refractivity contribution in [1.82, 2.24) is 19.2 Å². The fourth-order valence-electron chi connectivity index (χ4n) is 3.39. The van der Waals surface area contributed by atoms with Crippen molar-refractivity contribution in [2.24, 2.45) is 0 Å². The zero-order valence-electron chi connectivity index (χ0n) is 17.6. The van der Waals surface area contributed by atoms with E-state index in [0.717, 1.165) is 11.1 Å². The summed E-state index contributed by atoms with van der Waals surface area (Å²) in [6, 6.07) is 16.4. The molecule has 31 heavy (non-hydrogen) atoms. The van der Waals surface area contributed by atoms with Gasteiger partial charge in [-0.3, -0.25) is 9.59 Å². The zero-order valence-corrected chi connectivity index (χ0v) is 17.6. The molecule has 2 aromatic heterocycles. The van der Waals surface area contributed by atoms with Crippen LogP contribution in [0, 0.1) is 13.8 Å². The zero-order chi connectivity index (χ0) is 22.0. The predicted octanol–water partition coefficient (Wildman–Crippen LogP) is 3.21. The summed E-state index contributed by atoms with van der Waals surface area (Å²) in [4.78, 5) is 29.9. The van der Waals surface area contributed by atoms with Crippen molar-refractivity contribution in [2.45, 2.75) is 27.3 Å². The van der Waals surface area contributed by atoms with Gasteiger partial charge >= 0.3 is 0 Å². The van der Waals surface area contributed by atoms with Gasteiger partial charge in [-0.1, -0.05) is 35.9 Å². The molecule has 0 saturated heterocycles. The second-order valence-electron chi connectivity index (χ2n) is 7.20. The van der Waals surface area contributed by atoms with Crippen molar-refractivity contribution in [1.29, 1.82) is 0 Å². The minimum Gasteiger partial charge on any atom is -0.492 e. The summed E-state index contributed by atoms with van der Waals surface area (Å²) in [6.07, 6.45) is 0. The lowest BCUT2D eigenvalue weighted by Crippen LogP contribution is -2.25. The van der Waals surface area contributed by atoms with E-state index in [1.807, 2.05) is 50.2 Å². The molecule has 0 unspecified atom stereocenters. The van der Waals surface area contributed by atoms with Crippen LogP contribution in [-0.2, 0) is 11.3 Å². The molecular weight excluding hydrogens is 394 g/mol. The first kappa shape index (κ1) is 20.3. The number of aromatic nitrogens is 4. The van der Waals surface area contributed by atoms with Gasteiger partial charge in [-0.2, -0.15) is 9.50 Å². The normalized spacial score (nSPS) is 10.9. The Morgan fingerprint density at radius 3 is 2.68 bits per heavy atom. The van der Waals surface area contributed by atoms with Crippen LogP contribution in [0.1, 0.15) is 18.2 Å². The topological polar surface area (TPSA) is 90.5 Å². The van der Waals surface area contributed by atoms with Gasteiger partial charge in [-0.25, -0.2) is 0 Å². The van der Waals surface area contributed by atoms with Crippen LogP contribution in [0.3, 0.4) is 0 Å². The Morgan fingerprint density at radius 2 is 1.90 bits per heavy atom. The van der Waals surface area contributed by atoms with Gasteiger partial charge in [0.1, 0.15) is 12.3 Å². The number of hydrogen-bond donors (Lipinski definition) is 1. The van der Waals surface area contributed by atoms with E-state index in [1.165, 1.54) is 10.6 Å². The monoisotopic (exact) mass is 417 g/mol. The number of ether oxygens (including phenoxy) is 1. The van der Waals surface area contributed by atoms with Gasteiger partial charge in [0.05, 0.1) is 12.3 Å². The molecular formula is C23H23N5O3. The Bertz CT molecular complexity index is 1320. The van der Waals surface area contributed by atoms with Crippen LogP contribution in [0.25, 0.3) is 17.2 Å². The number of nitrogens with one attached hydrogen (secondary N) is 1. The molecule has 0 atom stereocenters. The molecule has 0 radical (unpaired) electrons. The highest BCUT2D eigenvalue weighted by Crippen LogP contribution is 2.24. The van der Waals surface area contributed by atoms with Crippen LogP contribution in [0.15, 0.2) is 59.4 Å². The fourth-order valence-corrected chi connectivity index (χ4v) is 3.39. The summed E-state index contributed by atoms with van der Waals surface area (Å²) in [7, 11) is 0. The van der Waals surface area contributed by atoms with Crippen molar-refractivity contribution >= 4 is 17.4 Å². The summed E-state index contributed by atoms with van der Waals surface area (Å²) in [5.74, 6) is 1.09. The first-order valence-electron chi connectivity index (χ1n) is 10.0. The molecule has 158 valence electrons. The average molecular weight is 417 g/mol. The molecule has 2 heterocycles. The van der Waals surface area contributed by atoms with Gasteiger partial charge < -0.3 is 14.6 Å². The molecule has 0 aliphatic rings. The molecule has 8 heteroatoms. The first-order chi connectivity index (χ1) is 15.0. The molecule has 4 aromatic rings. The van der Waals surface area contributed by atoms with Crippen LogP contribution < -0.4 is 15.6 Å². The lowest BCUT2D eigenvalue weighted by Gasteiger charge is -2.14. The maximum atomic E-state index is 12.8. The van der Waals surface area contributed by atoms with Crippen LogP contribution in [0.2, 0.25) is 0 Å². The maximum Gasteiger partial charge on any atom is 0.275 e. The predicted molar refractivity (Wildman–Crippen MR) is 118 cm³/mol. The lowest BCUT2D eigenvalue weighted by atomic mass is 10.1. The molecule has 8 nitrogen and oxygen atoms in total. The number of benzene rings is 2. The third-order valence-corrected chi connectivity index (χ3v) is 4.84. The summed E-state index contributed by atoms with van der Waals surface area (Å²) in [5.41, 5.74) is 2.79. The number of anilines is 1. The third kappa shape index (κ3) is 4.18. The van der Waals surface area contributed by atoms with Crippen molar-refractivity contribution in [3.05, 3.63) is 76.2 Å². The molecule has 0 saturated carbocycles. The molecule has 0 aliphatic heterocycles. The van der Waals surface area contributed by atoms with E-state index in [0.29, 0.717) is 35.3 Å². The quantitative estimate of drug-likeness (QED) is 0.520. The Morgan fingerprint density at radius 1 is 1.10 bits per heavy atom. The van der Waals surface area contributed by atoms with E-state index in [2.05, 4.69) is 15.4 Å². The second kappa shape index (κ2) is 8.43. The van der Waals surface area contributed by atoms with Crippen LogP contribution in [0.5, 0.6) is 5.75 Å². The minimum atomic E-state index is -0.294. The Kier molecular flexibility index (Phi) is 5.53. The molecule has 0 fully saturated rings. The van der Waals surface area contributed by atoms with Gasteiger partial charge in [0.15, 0.2) is 5.82 Å². The Hall–Kier alpha value is -3.94. The summed E-state index contributed by atoms with van der Waals surface area (Å²) >= 11 is 0. The van der Waals surface area contributed by atoms with Crippen LogP contribution in [-0.4, -0.2) is 31.7 Å². The fraction of sp³-hybridized carbons (Fsp3) is 0.217. The largest absolute Gasteiger partial charge is 0.492 e. The highest BCUT2D eigenvalue weighted by molar-refractivity contribution is 5.92. The number of carbonyl (C=O) groups is 1. The van der Waals surface area contributed by atoms with Crippen molar-refractivity contribution in [2.75, 3.05) is 11.9 Å². The van der Waals surface area contributed by atoms with E-state index in [-0.39, 0.29) is 18.0 Å². The lowest BCUT2D eigenvalue weighted by molar-refractivity contribution is -0.116. The molecule has 1 N–H and O–H groups in total. The standard InChI is InChI=1S/C23H23N5O3/c1-4-31-19-11-6-5-10-18(19)24-20(29)14-27-16(3)13-21(30)28-23(27)25-22(26-28)17-9-7-8-15(2)12-17/h5-13H,4,14H2,1-3H3,(H,24,29). The Labute approximate surface area is 179 Å². The van der Waals surface area contributed by atoms with Gasteiger partial charge in [0.2, 0.25) is 11.7 Å². The number of carbonyl (C=O) groups excluding carboxylic acids is 1. The maximum absolute atomic E-state index is 12.8. The summed E-state index contributed by atoms with van der Waals surface area (Å²) in [5, 5.41) is 7.25. The molecule has 4 rings (SSSR count). The SMILES string of the molecule is CCOc1ccccc1NC(=O)Cn1c(C)cc(=O)n2nc(-c3cccc(C)c3)nc12. The number of fused-ring (bicyclic) bond motifs is 1. The molecule has 0 aliphatic carbocycles. The second-order valence-corrected chi connectivity index (χ2v) is 7.20. The van der Waals surface area contributed by atoms with Crippen molar-refractivity contribution in [3.8, 4) is 17.1 Å². The molecule has 0 bridgehead atoms. The van der Waals surface area contributed by atoms with Gasteiger partial charge in [-0.05, 0) is 39.0 Å². The molecule has 1 amide bonds. The van der Waals surface area contributed by atoms with Gasteiger partial charge in [0, 0.05) is 17.3 Å². The van der Waals surface area contributed by atoms with E-state index < -0.39 is 0 Å². The highest BCUT2D eigenvalue weighted by atomic mass is 16.5.